The highest BCUT2D eigenvalue weighted by molar-refractivity contribution is 5.97. The number of rotatable bonds is 3. The number of carbonyl (C=O) groups is 1. The van der Waals surface area contributed by atoms with Crippen LogP contribution in [0.2, 0.25) is 0 Å². The van der Waals surface area contributed by atoms with E-state index in [9.17, 15) is 4.79 Å². The van der Waals surface area contributed by atoms with E-state index in [-0.39, 0.29) is 24.6 Å². The number of methoxy groups -OCH3 is 1. The number of nitrogens with two attached hydrogens (primary N) is 1. The minimum atomic E-state index is -0.0923. The van der Waals surface area contributed by atoms with Crippen LogP contribution in [0.25, 0.3) is 0 Å². The maximum absolute atomic E-state index is 12.5. The molecule has 0 aromatic heterocycles. The van der Waals surface area contributed by atoms with Crippen LogP contribution < -0.4 is 11.1 Å². The molecule has 1 fully saturated rings. The van der Waals surface area contributed by atoms with Crippen molar-refractivity contribution in [3.63, 3.8) is 0 Å². The quantitative estimate of drug-likeness (QED) is 0.830. The van der Waals surface area contributed by atoms with Crippen LogP contribution in [0.1, 0.15) is 40.7 Å². The summed E-state index contributed by atoms with van der Waals surface area (Å²) in [6, 6.07) is 5.74. The third kappa shape index (κ3) is 3.84. The summed E-state index contributed by atoms with van der Waals surface area (Å²) in [5, 5.41) is 3.07. The minimum absolute atomic E-state index is 0.0825. The molecule has 0 heterocycles. The maximum Gasteiger partial charge on any atom is 0.252 e. The highest BCUT2D eigenvalue weighted by atomic mass is 16.5. The second-order valence-electron chi connectivity index (χ2n) is 5.34. The largest absolute Gasteiger partial charge is 0.379 e. The maximum atomic E-state index is 12.5. The molecule has 0 radical (unpaired) electrons. The van der Waals surface area contributed by atoms with E-state index in [1.165, 1.54) is 0 Å². The predicted octanol–water partition coefficient (Wildman–Crippen LogP) is 1.60. The van der Waals surface area contributed by atoms with Gasteiger partial charge in [-0.05, 0) is 43.9 Å². The summed E-state index contributed by atoms with van der Waals surface area (Å²) in [6.07, 6.45) is 3.14. The van der Waals surface area contributed by atoms with Gasteiger partial charge >= 0.3 is 0 Å². The second-order valence-corrected chi connectivity index (χ2v) is 5.34. The molecular weight excluding hydrogens is 264 g/mol. The van der Waals surface area contributed by atoms with Gasteiger partial charge in [0.1, 0.15) is 0 Å². The number of benzene rings is 1. The predicted molar refractivity (Wildman–Crippen MR) is 83.0 cm³/mol. The highest BCUT2D eigenvalue weighted by Gasteiger charge is 2.29. The fraction of sp³-hybridized carbons (Fsp3) is 0.471. The SMILES string of the molecule is COC1CCCC1NC(=O)c1ccc(C)cc1C#CCN. The first-order valence-corrected chi connectivity index (χ1v) is 7.29. The standard InChI is InChI=1S/C17H22N2O2/c1-12-8-9-14(13(11-12)5-4-10-18)17(20)19-15-6-3-7-16(15)21-2/h8-9,11,15-16H,3,6-7,10,18H2,1-2H3,(H,19,20). The van der Waals surface area contributed by atoms with Crippen molar-refractivity contribution < 1.29 is 9.53 Å². The van der Waals surface area contributed by atoms with Crippen LogP contribution in [-0.2, 0) is 4.74 Å². The summed E-state index contributed by atoms with van der Waals surface area (Å²) in [5.74, 6) is 5.70. The summed E-state index contributed by atoms with van der Waals surface area (Å²) in [7, 11) is 1.69. The highest BCUT2D eigenvalue weighted by Crippen LogP contribution is 2.22. The molecule has 112 valence electrons. The zero-order valence-corrected chi connectivity index (χ0v) is 12.6. The first kappa shape index (κ1) is 15.6. The Kier molecular flexibility index (Phi) is 5.38. The molecule has 4 heteroatoms. The number of carbonyl (C=O) groups excluding carboxylic acids is 1. The summed E-state index contributed by atoms with van der Waals surface area (Å²) >= 11 is 0. The van der Waals surface area contributed by atoms with Gasteiger partial charge in [-0.15, -0.1) is 0 Å². The van der Waals surface area contributed by atoms with Gasteiger partial charge < -0.3 is 15.8 Å². The van der Waals surface area contributed by atoms with Crippen molar-refractivity contribution in [1.29, 1.82) is 0 Å². The Morgan fingerprint density at radius 1 is 1.48 bits per heavy atom. The van der Waals surface area contributed by atoms with Gasteiger partial charge in [0, 0.05) is 12.7 Å². The number of hydrogen-bond donors (Lipinski definition) is 2. The van der Waals surface area contributed by atoms with Crippen LogP contribution in [0.3, 0.4) is 0 Å². The molecule has 1 saturated carbocycles. The molecule has 0 spiro atoms. The van der Waals surface area contributed by atoms with Gasteiger partial charge in [0.25, 0.3) is 5.91 Å². The Labute approximate surface area is 126 Å². The monoisotopic (exact) mass is 286 g/mol. The second kappa shape index (κ2) is 7.26. The Hall–Kier alpha value is -1.83. The molecule has 21 heavy (non-hydrogen) atoms. The van der Waals surface area contributed by atoms with Crippen molar-refractivity contribution in [2.75, 3.05) is 13.7 Å². The van der Waals surface area contributed by atoms with Gasteiger partial charge in [-0.25, -0.2) is 0 Å². The summed E-state index contributed by atoms with van der Waals surface area (Å²) in [6.45, 7) is 2.26. The molecular formula is C17H22N2O2. The van der Waals surface area contributed by atoms with Crippen molar-refractivity contribution in [2.24, 2.45) is 5.73 Å². The molecule has 1 aromatic carbocycles. The molecule has 1 amide bonds. The fourth-order valence-corrected chi connectivity index (χ4v) is 2.73. The van der Waals surface area contributed by atoms with Crippen molar-refractivity contribution in [3.8, 4) is 11.8 Å². The Bertz CT molecular complexity index is 572. The molecule has 1 aliphatic rings. The number of ether oxygens (including phenoxy) is 1. The lowest BCUT2D eigenvalue weighted by atomic mass is 10.0. The van der Waals surface area contributed by atoms with Crippen molar-refractivity contribution >= 4 is 5.91 Å². The van der Waals surface area contributed by atoms with E-state index in [4.69, 9.17) is 10.5 Å². The molecule has 4 nitrogen and oxygen atoms in total. The molecule has 0 saturated heterocycles. The van der Waals surface area contributed by atoms with Gasteiger partial charge in [-0.1, -0.05) is 17.9 Å². The van der Waals surface area contributed by atoms with E-state index in [0.717, 1.165) is 30.4 Å². The van der Waals surface area contributed by atoms with Crippen LogP contribution in [0.4, 0.5) is 0 Å². The summed E-state index contributed by atoms with van der Waals surface area (Å²) in [4.78, 5) is 12.5. The molecule has 3 N–H and O–H groups in total. The van der Waals surface area contributed by atoms with Crippen LogP contribution in [0.5, 0.6) is 0 Å². The van der Waals surface area contributed by atoms with Gasteiger partial charge in [-0.3, -0.25) is 4.79 Å². The Morgan fingerprint density at radius 2 is 2.29 bits per heavy atom. The molecule has 1 aliphatic carbocycles. The molecule has 2 rings (SSSR count). The lowest BCUT2D eigenvalue weighted by Crippen LogP contribution is -2.41. The molecule has 0 bridgehead atoms. The Balaban J connectivity index is 2.18. The van der Waals surface area contributed by atoms with Crippen molar-refractivity contribution in [1.82, 2.24) is 5.32 Å². The van der Waals surface area contributed by atoms with Gasteiger partial charge in [0.05, 0.1) is 24.3 Å². The smallest absolute Gasteiger partial charge is 0.252 e. The normalized spacial score (nSPS) is 20.7. The molecule has 2 atom stereocenters. The van der Waals surface area contributed by atoms with Crippen molar-refractivity contribution in [2.45, 2.75) is 38.3 Å². The minimum Gasteiger partial charge on any atom is -0.379 e. The molecule has 2 unspecified atom stereocenters. The van der Waals surface area contributed by atoms with Crippen LogP contribution >= 0.6 is 0 Å². The third-order valence-electron chi connectivity index (χ3n) is 3.82. The number of amides is 1. The molecule has 0 aliphatic heterocycles. The topological polar surface area (TPSA) is 64.3 Å². The lowest BCUT2D eigenvalue weighted by Gasteiger charge is -2.20. The third-order valence-corrected chi connectivity index (χ3v) is 3.82. The summed E-state index contributed by atoms with van der Waals surface area (Å²) in [5.41, 5.74) is 7.82. The van der Waals surface area contributed by atoms with E-state index >= 15 is 0 Å². The van der Waals surface area contributed by atoms with Gasteiger partial charge in [-0.2, -0.15) is 0 Å². The Morgan fingerprint density at radius 3 is 3.00 bits per heavy atom. The average molecular weight is 286 g/mol. The zero-order chi connectivity index (χ0) is 15.2. The van der Waals surface area contributed by atoms with Crippen LogP contribution in [0.15, 0.2) is 18.2 Å². The zero-order valence-electron chi connectivity index (χ0n) is 12.6. The first-order valence-electron chi connectivity index (χ1n) is 7.29. The fourth-order valence-electron chi connectivity index (χ4n) is 2.73. The van der Waals surface area contributed by atoms with Gasteiger partial charge in [0.15, 0.2) is 0 Å². The van der Waals surface area contributed by atoms with E-state index < -0.39 is 0 Å². The number of hydrogen-bond acceptors (Lipinski definition) is 3. The summed E-state index contributed by atoms with van der Waals surface area (Å²) < 4.78 is 5.42. The number of aryl methyl sites for hydroxylation is 1. The van der Waals surface area contributed by atoms with Crippen molar-refractivity contribution in [3.05, 3.63) is 34.9 Å². The van der Waals surface area contributed by atoms with Gasteiger partial charge in [0.2, 0.25) is 0 Å². The van der Waals surface area contributed by atoms with E-state index in [1.54, 1.807) is 7.11 Å². The lowest BCUT2D eigenvalue weighted by molar-refractivity contribution is 0.0722. The van der Waals surface area contributed by atoms with E-state index in [2.05, 4.69) is 17.2 Å². The van der Waals surface area contributed by atoms with Crippen LogP contribution in [0, 0.1) is 18.8 Å². The van der Waals surface area contributed by atoms with E-state index in [0.29, 0.717) is 5.56 Å². The first-order chi connectivity index (χ1) is 10.2. The number of nitrogens with one attached hydrogen (secondary N) is 1. The molecule has 1 aromatic rings. The van der Waals surface area contributed by atoms with Crippen LogP contribution in [-0.4, -0.2) is 31.7 Å². The van der Waals surface area contributed by atoms with E-state index in [1.807, 2.05) is 25.1 Å². The average Bonchev–Trinajstić information content (AvgIpc) is 2.92.